The number of amides is 2. The summed E-state index contributed by atoms with van der Waals surface area (Å²) < 4.78 is 0. The Balaban J connectivity index is 2.81. The lowest BCUT2D eigenvalue weighted by atomic mass is 10.1. The minimum Gasteiger partial charge on any atom is -0.462 e. The van der Waals surface area contributed by atoms with Crippen LogP contribution in [0.2, 0.25) is 0 Å². The highest BCUT2D eigenvalue weighted by atomic mass is 16.7. The maximum Gasteiger partial charge on any atom is 0.447 e. The first-order chi connectivity index (χ1) is 10.3. The molecule has 4 N–H and O–H groups in total. The molecule has 10 nitrogen and oxygen atoms in total. The molecular formula is C12H16N4O6. The second-order valence-corrected chi connectivity index (χ2v) is 4.21. The van der Waals surface area contributed by atoms with Gasteiger partial charge < -0.3 is 10.8 Å². The fourth-order valence-electron chi connectivity index (χ4n) is 1.62. The maximum absolute atomic E-state index is 11.4. The van der Waals surface area contributed by atoms with E-state index in [9.17, 15) is 19.7 Å². The number of hydrogen-bond donors (Lipinski definition) is 3. The average Bonchev–Trinajstić information content (AvgIpc) is 2.46. The number of hydrogen-bond acceptors (Lipinski definition) is 6. The van der Waals surface area contributed by atoms with Crippen LogP contribution in [0.5, 0.6) is 0 Å². The Labute approximate surface area is 125 Å². The van der Waals surface area contributed by atoms with Gasteiger partial charge in [0, 0.05) is 12.1 Å². The lowest BCUT2D eigenvalue weighted by molar-refractivity contribution is -0.384. The molecule has 22 heavy (non-hydrogen) atoms. The van der Waals surface area contributed by atoms with E-state index in [4.69, 9.17) is 15.7 Å². The molecule has 0 radical (unpaired) electrons. The molecule has 0 aromatic heterocycles. The minimum absolute atomic E-state index is 0.0458. The molecule has 0 heterocycles. The number of nitro groups is 1. The van der Waals surface area contributed by atoms with Gasteiger partial charge in [-0.15, -0.1) is 5.17 Å². The van der Waals surface area contributed by atoms with Gasteiger partial charge in [0.05, 0.1) is 11.5 Å². The fraction of sp³-hybridized carbons (Fsp3) is 0.333. The number of carbonyl (C=O) groups excluding carboxylic acids is 1. The molecule has 1 atom stereocenters. The summed E-state index contributed by atoms with van der Waals surface area (Å²) >= 11 is 0. The van der Waals surface area contributed by atoms with E-state index in [1.54, 1.807) is 6.92 Å². The van der Waals surface area contributed by atoms with E-state index < -0.39 is 23.0 Å². The molecule has 0 aliphatic rings. The van der Waals surface area contributed by atoms with Crippen molar-refractivity contribution < 1.29 is 24.5 Å². The Bertz CT molecular complexity index is 547. The maximum atomic E-state index is 11.4. The van der Waals surface area contributed by atoms with Crippen LogP contribution in [0.1, 0.15) is 12.5 Å². The second-order valence-electron chi connectivity index (χ2n) is 4.21. The summed E-state index contributed by atoms with van der Waals surface area (Å²) in [5, 5.41) is 19.9. The van der Waals surface area contributed by atoms with Gasteiger partial charge >= 0.3 is 6.09 Å². The van der Waals surface area contributed by atoms with Crippen LogP contribution in [0.3, 0.4) is 0 Å². The van der Waals surface area contributed by atoms with E-state index in [-0.39, 0.29) is 18.7 Å². The third-order valence-corrected chi connectivity index (χ3v) is 2.64. The SMILES string of the molecule is CCON(N[C@@H](Cc1ccc([N+](=O)[O-])cc1)C(N)=O)C(=O)O. The van der Waals surface area contributed by atoms with E-state index in [2.05, 4.69) is 5.43 Å². The number of non-ortho nitro benzene ring substituents is 1. The van der Waals surface area contributed by atoms with Crippen molar-refractivity contribution in [3.63, 3.8) is 0 Å². The minimum atomic E-state index is -1.43. The summed E-state index contributed by atoms with van der Waals surface area (Å²) in [6.07, 6.45) is -1.39. The molecule has 2 amide bonds. The van der Waals surface area contributed by atoms with Gasteiger partial charge in [-0.25, -0.2) is 4.79 Å². The molecule has 0 fully saturated rings. The number of nitro benzene ring substituents is 1. The Morgan fingerprint density at radius 2 is 2.05 bits per heavy atom. The van der Waals surface area contributed by atoms with Gasteiger partial charge in [-0.3, -0.25) is 19.7 Å². The number of hydroxylamine groups is 1. The van der Waals surface area contributed by atoms with E-state index in [1.165, 1.54) is 24.3 Å². The number of rotatable bonds is 8. The quantitative estimate of drug-likeness (QED) is 0.465. The summed E-state index contributed by atoms with van der Waals surface area (Å²) in [4.78, 5) is 37.2. The summed E-state index contributed by atoms with van der Waals surface area (Å²) in [6, 6.07) is 4.43. The summed E-state index contributed by atoms with van der Waals surface area (Å²) in [5.41, 5.74) is 8.05. The summed E-state index contributed by atoms with van der Waals surface area (Å²) in [5.74, 6) is -0.788. The molecule has 0 unspecified atom stereocenters. The number of carboxylic acid groups (broad SMARTS) is 1. The number of nitrogens with zero attached hydrogens (tertiary/aromatic N) is 2. The molecule has 10 heteroatoms. The van der Waals surface area contributed by atoms with Crippen LogP contribution in [0.15, 0.2) is 24.3 Å². The Morgan fingerprint density at radius 3 is 2.45 bits per heavy atom. The van der Waals surface area contributed by atoms with Gasteiger partial charge in [0.25, 0.3) is 5.69 Å². The van der Waals surface area contributed by atoms with Crippen molar-refractivity contribution in [2.75, 3.05) is 6.61 Å². The van der Waals surface area contributed by atoms with Crippen molar-refractivity contribution in [3.05, 3.63) is 39.9 Å². The Kier molecular flexibility index (Phi) is 6.23. The van der Waals surface area contributed by atoms with Gasteiger partial charge in [-0.2, -0.15) is 5.43 Å². The average molecular weight is 312 g/mol. The standard InChI is InChI=1S/C12H16N4O6/c1-2-22-15(12(18)19)14-10(11(13)17)7-8-3-5-9(6-4-8)16(20)21/h3-6,10,14H,2,7H2,1H3,(H2,13,17)(H,18,19)/t10-/m0/s1. The van der Waals surface area contributed by atoms with Crippen LogP contribution in [0.4, 0.5) is 10.5 Å². The van der Waals surface area contributed by atoms with E-state index >= 15 is 0 Å². The van der Waals surface area contributed by atoms with Gasteiger partial charge in [-0.05, 0) is 18.9 Å². The third kappa shape index (κ3) is 5.00. The summed E-state index contributed by atoms with van der Waals surface area (Å²) in [6.45, 7) is 1.65. The molecule has 1 aromatic carbocycles. The van der Waals surface area contributed by atoms with Gasteiger partial charge in [0.15, 0.2) is 0 Å². The molecular weight excluding hydrogens is 296 g/mol. The van der Waals surface area contributed by atoms with Crippen LogP contribution in [0, 0.1) is 10.1 Å². The van der Waals surface area contributed by atoms with Crippen LogP contribution in [0.25, 0.3) is 0 Å². The van der Waals surface area contributed by atoms with Crippen molar-refractivity contribution in [2.24, 2.45) is 5.73 Å². The van der Waals surface area contributed by atoms with Crippen molar-refractivity contribution >= 4 is 17.7 Å². The molecule has 0 saturated heterocycles. The first kappa shape index (κ1) is 17.3. The topological polar surface area (TPSA) is 148 Å². The number of nitrogens with one attached hydrogen (secondary N) is 1. The van der Waals surface area contributed by atoms with Crippen LogP contribution in [-0.4, -0.2) is 39.9 Å². The Morgan fingerprint density at radius 1 is 1.45 bits per heavy atom. The molecule has 0 aliphatic heterocycles. The lowest BCUT2D eigenvalue weighted by Gasteiger charge is -2.23. The highest BCUT2D eigenvalue weighted by molar-refractivity contribution is 5.80. The first-order valence-electron chi connectivity index (χ1n) is 6.30. The summed E-state index contributed by atoms with van der Waals surface area (Å²) in [7, 11) is 0. The fourth-order valence-corrected chi connectivity index (χ4v) is 1.62. The number of hydrazine groups is 1. The monoisotopic (exact) mass is 312 g/mol. The van der Waals surface area contributed by atoms with Crippen molar-refractivity contribution in [2.45, 2.75) is 19.4 Å². The predicted molar refractivity (Wildman–Crippen MR) is 74.4 cm³/mol. The molecule has 1 aromatic rings. The smallest absolute Gasteiger partial charge is 0.447 e. The van der Waals surface area contributed by atoms with Crippen molar-refractivity contribution in [1.82, 2.24) is 10.6 Å². The third-order valence-electron chi connectivity index (χ3n) is 2.64. The molecule has 0 saturated carbocycles. The molecule has 0 spiro atoms. The molecule has 0 aliphatic carbocycles. The first-order valence-corrected chi connectivity index (χ1v) is 6.30. The van der Waals surface area contributed by atoms with Gasteiger partial charge in [-0.1, -0.05) is 12.1 Å². The molecule has 120 valence electrons. The number of primary amides is 1. The zero-order chi connectivity index (χ0) is 16.7. The zero-order valence-electron chi connectivity index (χ0n) is 11.8. The lowest BCUT2D eigenvalue weighted by Crippen LogP contribution is -2.53. The predicted octanol–water partition coefficient (Wildman–Crippen LogP) is 0.427. The highest BCUT2D eigenvalue weighted by Crippen LogP contribution is 2.13. The number of carbonyl (C=O) groups is 2. The van der Waals surface area contributed by atoms with E-state index in [0.29, 0.717) is 10.7 Å². The highest BCUT2D eigenvalue weighted by Gasteiger charge is 2.23. The number of nitrogens with two attached hydrogens (primary N) is 1. The van der Waals surface area contributed by atoms with Gasteiger partial charge in [0.2, 0.25) is 5.91 Å². The molecule has 1 rings (SSSR count). The van der Waals surface area contributed by atoms with Crippen LogP contribution < -0.4 is 11.2 Å². The Hall–Kier alpha value is -2.72. The number of benzene rings is 1. The van der Waals surface area contributed by atoms with E-state index in [1.807, 2.05) is 0 Å². The molecule has 0 bridgehead atoms. The van der Waals surface area contributed by atoms with Crippen molar-refractivity contribution in [3.8, 4) is 0 Å². The normalized spacial score (nSPS) is 11.7. The van der Waals surface area contributed by atoms with Crippen LogP contribution in [-0.2, 0) is 16.1 Å². The van der Waals surface area contributed by atoms with E-state index in [0.717, 1.165) is 0 Å². The second kappa shape index (κ2) is 7.90. The van der Waals surface area contributed by atoms with Crippen molar-refractivity contribution in [1.29, 1.82) is 0 Å². The largest absolute Gasteiger partial charge is 0.462 e. The van der Waals surface area contributed by atoms with Gasteiger partial charge in [0.1, 0.15) is 6.04 Å². The zero-order valence-corrected chi connectivity index (χ0v) is 11.8. The van der Waals surface area contributed by atoms with Crippen LogP contribution >= 0.6 is 0 Å².